The minimum atomic E-state index is 0.0635. The third kappa shape index (κ3) is 4.95. The van der Waals surface area contributed by atoms with E-state index in [-0.39, 0.29) is 11.8 Å². The summed E-state index contributed by atoms with van der Waals surface area (Å²) >= 11 is 0. The molecule has 0 aromatic heterocycles. The number of amides is 2. The predicted molar refractivity (Wildman–Crippen MR) is 108 cm³/mol. The van der Waals surface area contributed by atoms with Gasteiger partial charge < -0.3 is 9.80 Å². The number of hydrogen-bond acceptors (Lipinski definition) is 3. The molecule has 0 unspecified atom stereocenters. The van der Waals surface area contributed by atoms with E-state index in [4.69, 9.17) is 0 Å². The Morgan fingerprint density at radius 3 is 2.37 bits per heavy atom. The number of likely N-dealkylation sites (N-methyl/N-ethyl adjacent to an activating group) is 1. The van der Waals surface area contributed by atoms with E-state index < -0.39 is 0 Å². The molecular formula is C22H27N3O2. The Bertz CT molecular complexity index is 789. The molecule has 1 saturated heterocycles. The second kappa shape index (κ2) is 8.82. The van der Waals surface area contributed by atoms with Crippen molar-refractivity contribution in [3.05, 3.63) is 60.2 Å². The molecule has 0 aliphatic carbocycles. The molecule has 0 atom stereocenters. The molecule has 1 aliphatic rings. The van der Waals surface area contributed by atoms with Crippen LogP contribution in [0.25, 0.3) is 11.1 Å². The molecule has 0 N–H and O–H groups in total. The minimum absolute atomic E-state index is 0.0635. The number of carbonyl (C=O) groups is 2. The van der Waals surface area contributed by atoms with Gasteiger partial charge in [-0.2, -0.15) is 0 Å². The fourth-order valence-corrected chi connectivity index (χ4v) is 3.31. The van der Waals surface area contributed by atoms with Gasteiger partial charge in [-0.25, -0.2) is 0 Å². The van der Waals surface area contributed by atoms with Gasteiger partial charge >= 0.3 is 0 Å². The summed E-state index contributed by atoms with van der Waals surface area (Å²) in [5, 5.41) is 0. The number of nitrogens with zero attached hydrogens (tertiary/aromatic N) is 3. The summed E-state index contributed by atoms with van der Waals surface area (Å²) < 4.78 is 0. The van der Waals surface area contributed by atoms with Gasteiger partial charge in [0.2, 0.25) is 5.91 Å². The van der Waals surface area contributed by atoms with Crippen molar-refractivity contribution in [2.75, 3.05) is 46.8 Å². The van der Waals surface area contributed by atoms with Crippen molar-refractivity contribution in [3.63, 3.8) is 0 Å². The lowest BCUT2D eigenvalue weighted by molar-refractivity contribution is -0.129. The Morgan fingerprint density at radius 2 is 1.63 bits per heavy atom. The number of hydrogen-bond donors (Lipinski definition) is 0. The second-order valence-corrected chi connectivity index (χ2v) is 7.16. The molecule has 142 valence electrons. The lowest BCUT2D eigenvalue weighted by atomic mass is 10.0. The molecule has 0 bridgehead atoms. The van der Waals surface area contributed by atoms with Gasteiger partial charge in [-0.3, -0.25) is 14.5 Å². The largest absolute Gasteiger partial charge is 0.348 e. The highest BCUT2D eigenvalue weighted by atomic mass is 16.2. The summed E-state index contributed by atoms with van der Waals surface area (Å²) in [6.45, 7) is 3.35. The zero-order chi connectivity index (χ0) is 19.2. The third-order valence-electron chi connectivity index (χ3n) is 4.95. The van der Waals surface area contributed by atoms with Gasteiger partial charge in [-0.1, -0.05) is 42.5 Å². The fraction of sp³-hybridized carbons (Fsp3) is 0.364. The van der Waals surface area contributed by atoms with Gasteiger partial charge in [0.05, 0.1) is 6.54 Å². The molecule has 5 nitrogen and oxygen atoms in total. The Hall–Kier alpha value is -2.66. The molecule has 2 aromatic carbocycles. The van der Waals surface area contributed by atoms with Crippen LogP contribution in [0.15, 0.2) is 54.6 Å². The molecule has 27 heavy (non-hydrogen) atoms. The molecule has 1 heterocycles. The van der Waals surface area contributed by atoms with E-state index in [1.54, 1.807) is 19.0 Å². The van der Waals surface area contributed by atoms with Gasteiger partial charge in [0.25, 0.3) is 5.91 Å². The normalized spacial score (nSPS) is 15.3. The standard InChI is InChI=1S/C22H27N3O2/c1-23(2)21(26)17-24-12-7-13-25(15-14-24)22(27)20-11-6-10-19(16-20)18-8-4-3-5-9-18/h3-6,8-11,16H,7,12-15,17H2,1-2H3. The van der Waals surface area contributed by atoms with Crippen LogP contribution < -0.4 is 0 Å². The molecule has 1 aliphatic heterocycles. The molecule has 5 heteroatoms. The molecule has 0 spiro atoms. The van der Waals surface area contributed by atoms with Crippen molar-refractivity contribution in [3.8, 4) is 11.1 Å². The van der Waals surface area contributed by atoms with Gasteiger partial charge in [-0.05, 0) is 29.7 Å². The lowest BCUT2D eigenvalue weighted by Crippen LogP contribution is -2.39. The van der Waals surface area contributed by atoms with Crippen LogP contribution in [0.4, 0.5) is 0 Å². The third-order valence-corrected chi connectivity index (χ3v) is 4.95. The molecule has 3 rings (SSSR count). The Kier molecular flexibility index (Phi) is 6.24. The maximum atomic E-state index is 13.0. The van der Waals surface area contributed by atoms with Gasteiger partial charge in [0, 0.05) is 45.8 Å². The van der Waals surface area contributed by atoms with E-state index in [2.05, 4.69) is 17.0 Å². The van der Waals surface area contributed by atoms with Crippen LogP contribution in [-0.2, 0) is 4.79 Å². The molecule has 1 fully saturated rings. The highest BCUT2D eigenvalue weighted by Gasteiger charge is 2.22. The molecule has 2 amide bonds. The van der Waals surface area contributed by atoms with Crippen LogP contribution in [0.5, 0.6) is 0 Å². The van der Waals surface area contributed by atoms with Crippen molar-refractivity contribution in [2.45, 2.75) is 6.42 Å². The maximum Gasteiger partial charge on any atom is 0.253 e. The molecule has 2 aromatic rings. The summed E-state index contributed by atoms with van der Waals surface area (Å²) in [6.07, 6.45) is 0.880. The minimum Gasteiger partial charge on any atom is -0.348 e. The average Bonchev–Trinajstić information content (AvgIpc) is 2.93. The first kappa shape index (κ1) is 19.1. The van der Waals surface area contributed by atoms with Crippen LogP contribution in [-0.4, -0.2) is 73.3 Å². The Labute approximate surface area is 161 Å². The topological polar surface area (TPSA) is 43.9 Å². The van der Waals surface area contributed by atoms with Gasteiger partial charge in [0.15, 0.2) is 0 Å². The van der Waals surface area contributed by atoms with Crippen LogP contribution in [0.1, 0.15) is 16.8 Å². The lowest BCUT2D eigenvalue weighted by Gasteiger charge is -2.23. The summed E-state index contributed by atoms with van der Waals surface area (Å²) in [5.74, 6) is 0.166. The van der Waals surface area contributed by atoms with E-state index in [1.807, 2.05) is 47.4 Å². The van der Waals surface area contributed by atoms with E-state index in [0.29, 0.717) is 18.7 Å². The zero-order valence-electron chi connectivity index (χ0n) is 16.1. The van der Waals surface area contributed by atoms with Crippen molar-refractivity contribution in [1.29, 1.82) is 0 Å². The van der Waals surface area contributed by atoms with Crippen molar-refractivity contribution in [1.82, 2.24) is 14.7 Å². The first-order valence-electron chi connectivity index (χ1n) is 9.42. The van der Waals surface area contributed by atoms with E-state index in [0.717, 1.165) is 37.2 Å². The Morgan fingerprint density at radius 1 is 0.889 bits per heavy atom. The quantitative estimate of drug-likeness (QED) is 0.837. The summed E-state index contributed by atoms with van der Waals surface area (Å²) in [7, 11) is 3.55. The van der Waals surface area contributed by atoms with Crippen LogP contribution in [0.2, 0.25) is 0 Å². The number of rotatable bonds is 4. The van der Waals surface area contributed by atoms with Crippen LogP contribution in [0.3, 0.4) is 0 Å². The molecule has 0 saturated carbocycles. The maximum absolute atomic E-state index is 13.0. The van der Waals surface area contributed by atoms with Crippen LogP contribution in [0, 0.1) is 0 Å². The first-order valence-corrected chi connectivity index (χ1v) is 9.42. The Balaban J connectivity index is 1.67. The summed E-state index contributed by atoms with van der Waals surface area (Å²) in [4.78, 5) is 30.6. The average molecular weight is 365 g/mol. The SMILES string of the molecule is CN(C)C(=O)CN1CCCN(C(=O)c2cccc(-c3ccccc3)c2)CC1. The number of carbonyl (C=O) groups excluding carboxylic acids is 2. The highest BCUT2D eigenvalue weighted by Crippen LogP contribution is 2.21. The van der Waals surface area contributed by atoms with E-state index in [1.165, 1.54) is 0 Å². The number of benzene rings is 2. The molecular weight excluding hydrogens is 338 g/mol. The van der Waals surface area contributed by atoms with Crippen molar-refractivity contribution in [2.24, 2.45) is 0 Å². The smallest absolute Gasteiger partial charge is 0.253 e. The van der Waals surface area contributed by atoms with Gasteiger partial charge in [-0.15, -0.1) is 0 Å². The van der Waals surface area contributed by atoms with Gasteiger partial charge in [0.1, 0.15) is 0 Å². The fourth-order valence-electron chi connectivity index (χ4n) is 3.31. The summed E-state index contributed by atoms with van der Waals surface area (Å²) in [5.41, 5.74) is 2.88. The monoisotopic (exact) mass is 365 g/mol. The van der Waals surface area contributed by atoms with Crippen LogP contribution >= 0.6 is 0 Å². The van der Waals surface area contributed by atoms with Crippen molar-refractivity contribution < 1.29 is 9.59 Å². The molecule has 0 radical (unpaired) electrons. The first-order chi connectivity index (χ1) is 13.0. The predicted octanol–water partition coefficient (Wildman–Crippen LogP) is 2.59. The second-order valence-electron chi connectivity index (χ2n) is 7.16. The highest BCUT2D eigenvalue weighted by molar-refractivity contribution is 5.95. The van der Waals surface area contributed by atoms with E-state index in [9.17, 15) is 9.59 Å². The van der Waals surface area contributed by atoms with E-state index >= 15 is 0 Å². The summed E-state index contributed by atoms with van der Waals surface area (Å²) in [6, 6.07) is 17.9. The zero-order valence-corrected chi connectivity index (χ0v) is 16.1. The van der Waals surface area contributed by atoms with Crippen molar-refractivity contribution >= 4 is 11.8 Å².